The highest BCUT2D eigenvalue weighted by molar-refractivity contribution is 6.31. The molecule has 0 spiro atoms. The zero-order valence-corrected chi connectivity index (χ0v) is 10.9. The molecule has 2 N–H and O–H groups in total. The number of nitrogens with zero attached hydrogens (tertiary/aromatic N) is 1. The second kappa shape index (κ2) is 6.69. The Labute approximate surface area is 106 Å². The average molecular weight is 260 g/mol. The van der Waals surface area contributed by atoms with E-state index in [9.17, 15) is 0 Å². The predicted octanol–water partition coefficient (Wildman–Crippen LogP) is 1.45. The molecule has 5 heteroatoms. The van der Waals surface area contributed by atoms with E-state index in [4.69, 9.17) is 26.6 Å². The lowest BCUT2D eigenvalue weighted by molar-refractivity contribution is 0.280. The summed E-state index contributed by atoms with van der Waals surface area (Å²) < 4.78 is 5.27. The molecule has 0 aliphatic heterocycles. The van der Waals surface area contributed by atoms with Gasteiger partial charge in [0.05, 0.1) is 26.0 Å². The number of rotatable bonds is 6. The van der Waals surface area contributed by atoms with E-state index in [1.54, 1.807) is 13.2 Å². The molecule has 0 heterocycles. The van der Waals surface area contributed by atoms with Gasteiger partial charge in [0.25, 0.3) is 0 Å². The lowest BCUT2D eigenvalue weighted by atomic mass is 10.2. The molecule has 0 saturated carbocycles. The Morgan fingerprint density at radius 2 is 1.82 bits per heavy atom. The third-order valence-electron chi connectivity index (χ3n) is 2.54. The van der Waals surface area contributed by atoms with Gasteiger partial charge < -0.3 is 19.8 Å². The SMILES string of the molecule is COc1cc(Cl)c(C)cc1N(CCO)CCO. The quantitative estimate of drug-likeness (QED) is 0.812. The molecule has 0 saturated heterocycles. The van der Waals surface area contributed by atoms with Crippen LogP contribution < -0.4 is 9.64 Å². The van der Waals surface area contributed by atoms with Crippen LogP contribution in [0.15, 0.2) is 12.1 Å². The Morgan fingerprint density at radius 1 is 1.24 bits per heavy atom. The van der Waals surface area contributed by atoms with Gasteiger partial charge in [0, 0.05) is 24.2 Å². The fraction of sp³-hybridized carbons (Fsp3) is 0.500. The first kappa shape index (κ1) is 14.1. The van der Waals surface area contributed by atoms with E-state index in [-0.39, 0.29) is 13.2 Å². The van der Waals surface area contributed by atoms with E-state index in [1.165, 1.54) is 0 Å². The van der Waals surface area contributed by atoms with Gasteiger partial charge in [0.15, 0.2) is 0 Å². The number of aliphatic hydroxyl groups excluding tert-OH is 2. The Kier molecular flexibility index (Phi) is 5.55. The number of benzene rings is 1. The molecule has 0 aromatic heterocycles. The van der Waals surface area contributed by atoms with E-state index < -0.39 is 0 Å². The summed E-state index contributed by atoms with van der Waals surface area (Å²) in [5.41, 5.74) is 1.76. The molecule has 1 aromatic carbocycles. The van der Waals surface area contributed by atoms with Gasteiger partial charge in [-0.05, 0) is 18.6 Å². The molecule has 0 bridgehead atoms. The summed E-state index contributed by atoms with van der Waals surface area (Å²) >= 11 is 6.03. The minimum atomic E-state index is 0.0187. The maximum absolute atomic E-state index is 9.02. The third kappa shape index (κ3) is 3.49. The van der Waals surface area contributed by atoms with Crippen molar-refractivity contribution in [3.05, 3.63) is 22.7 Å². The third-order valence-corrected chi connectivity index (χ3v) is 2.95. The van der Waals surface area contributed by atoms with E-state index in [0.717, 1.165) is 11.3 Å². The van der Waals surface area contributed by atoms with Crippen molar-refractivity contribution >= 4 is 17.3 Å². The molecule has 1 aromatic rings. The minimum Gasteiger partial charge on any atom is -0.495 e. The van der Waals surface area contributed by atoms with Gasteiger partial charge in [-0.2, -0.15) is 0 Å². The maximum atomic E-state index is 9.02. The monoisotopic (exact) mass is 259 g/mol. The highest BCUT2D eigenvalue weighted by Gasteiger charge is 2.13. The Bertz CT molecular complexity index is 365. The van der Waals surface area contributed by atoms with Crippen LogP contribution in [-0.4, -0.2) is 43.6 Å². The molecule has 17 heavy (non-hydrogen) atoms. The first-order valence-corrected chi connectivity index (χ1v) is 5.82. The summed E-state index contributed by atoms with van der Waals surface area (Å²) in [6.07, 6.45) is 0. The lowest BCUT2D eigenvalue weighted by Gasteiger charge is -2.25. The van der Waals surface area contributed by atoms with Gasteiger partial charge in [-0.3, -0.25) is 0 Å². The Hall–Kier alpha value is -0.970. The number of aryl methyl sites for hydroxylation is 1. The second-order valence-electron chi connectivity index (χ2n) is 3.71. The van der Waals surface area contributed by atoms with Crippen LogP contribution in [0.2, 0.25) is 5.02 Å². The van der Waals surface area contributed by atoms with Crippen LogP contribution in [0.3, 0.4) is 0 Å². The molecule has 0 aliphatic rings. The normalized spacial score (nSPS) is 10.4. The van der Waals surface area contributed by atoms with Gasteiger partial charge in [-0.15, -0.1) is 0 Å². The van der Waals surface area contributed by atoms with Crippen LogP contribution in [0.25, 0.3) is 0 Å². The highest BCUT2D eigenvalue weighted by atomic mass is 35.5. The second-order valence-corrected chi connectivity index (χ2v) is 4.11. The fourth-order valence-corrected chi connectivity index (χ4v) is 1.81. The van der Waals surface area contributed by atoms with Crippen LogP contribution >= 0.6 is 11.6 Å². The van der Waals surface area contributed by atoms with Crippen molar-refractivity contribution in [2.45, 2.75) is 6.92 Å². The molecule has 0 radical (unpaired) electrons. The number of anilines is 1. The molecule has 4 nitrogen and oxygen atoms in total. The Morgan fingerprint density at radius 3 is 2.29 bits per heavy atom. The molecule has 0 fully saturated rings. The number of hydrogen-bond acceptors (Lipinski definition) is 4. The van der Waals surface area contributed by atoms with Crippen molar-refractivity contribution in [2.75, 3.05) is 38.3 Å². The van der Waals surface area contributed by atoms with Gasteiger partial charge in [0.2, 0.25) is 0 Å². The first-order chi connectivity index (χ1) is 8.13. The molecule has 96 valence electrons. The number of hydrogen-bond donors (Lipinski definition) is 2. The van der Waals surface area contributed by atoms with Crippen LogP contribution in [0.4, 0.5) is 5.69 Å². The minimum absolute atomic E-state index is 0.0187. The molecule has 0 aliphatic carbocycles. The smallest absolute Gasteiger partial charge is 0.143 e. The summed E-state index contributed by atoms with van der Waals surface area (Å²) in [5, 5.41) is 18.7. The number of aliphatic hydroxyl groups is 2. The Balaban J connectivity index is 3.11. The number of methoxy groups -OCH3 is 1. The van der Waals surface area contributed by atoms with Crippen molar-refractivity contribution in [2.24, 2.45) is 0 Å². The molecule has 0 amide bonds. The van der Waals surface area contributed by atoms with Crippen LogP contribution in [-0.2, 0) is 0 Å². The standard InChI is InChI=1S/C12H18ClNO3/c1-9-7-11(12(17-2)8-10(9)13)14(3-5-15)4-6-16/h7-8,15-16H,3-6H2,1-2H3. The van der Waals surface area contributed by atoms with E-state index in [2.05, 4.69) is 0 Å². The zero-order chi connectivity index (χ0) is 12.8. The van der Waals surface area contributed by atoms with Gasteiger partial charge in [-0.1, -0.05) is 11.6 Å². The van der Waals surface area contributed by atoms with Crippen molar-refractivity contribution in [3.63, 3.8) is 0 Å². The van der Waals surface area contributed by atoms with Crippen molar-refractivity contribution in [1.82, 2.24) is 0 Å². The summed E-state index contributed by atoms with van der Waals surface area (Å²) in [5.74, 6) is 0.641. The van der Waals surface area contributed by atoms with E-state index in [0.29, 0.717) is 23.9 Å². The van der Waals surface area contributed by atoms with Gasteiger partial charge in [0.1, 0.15) is 5.75 Å². The summed E-state index contributed by atoms with van der Waals surface area (Å²) in [6.45, 7) is 2.83. The highest BCUT2D eigenvalue weighted by Crippen LogP contribution is 2.33. The van der Waals surface area contributed by atoms with Crippen LogP contribution in [0, 0.1) is 6.92 Å². The maximum Gasteiger partial charge on any atom is 0.143 e. The molecular formula is C12H18ClNO3. The van der Waals surface area contributed by atoms with Crippen LogP contribution in [0.1, 0.15) is 5.56 Å². The van der Waals surface area contributed by atoms with E-state index >= 15 is 0 Å². The predicted molar refractivity (Wildman–Crippen MR) is 69.1 cm³/mol. The largest absolute Gasteiger partial charge is 0.495 e. The lowest BCUT2D eigenvalue weighted by Crippen LogP contribution is -2.30. The number of ether oxygens (including phenoxy) is 1. The summed E-state index contributed by atoms with van der Waals surface area (Å²) in [4.78, 5) is 1.86. The molecular weight excluding hydrogens is 242 g/mol. The topological polar surface area (TPSA) is 52.9 Å². The molecule has 0 atom stereocenters. The zero-order valence-electron chi connectivity index (χ0n) is 10.1. The van der Waals surface area contributed by atoms with Crippen molar-refractivity contribution in [1.29, 1.82) is 0 Å². The molecule has 1 rings (SSSR count). The van der Waals surface area contributed by atoms with E-state index in [1.807, 2.05) is 17.9 Å². The molecule has 0 unspecified atom stereocenters. The number of halogens is 1. The van der Waals surface area contributed by atoms with Crippen molar-refractivity contribution < 1.29 is 14.9 Å². The summed E-state index contributed by atoms with van der Waals surface area (Å²) in [7, 11) is 1.57. The average Bonchev–Trinajstić information content (AvgIpc) is 2.32. The van der Waals surface area contributed by atoms with Crippen molar-refractivity contribution in [3.8, 4) is 5.75 Å². The van der Waals surface area contributed by atoms with Gasteiger partial charge >= 0.3 is 0 Å². The fourth-order valence-electron chi connectivity index (χ4n) is 1.65. The first-order valence-electron chi connectivity index (χ1n) is 5.44. The summed E-state index contributed by atoms with van der Waals surface area (Å²) in [6, 6.07) is 3.64. The van der Waals surface area contributed by atoms with Crippen LogP contribution in [0.5, 0.6) is 5.75 Å². The van der Waals surface area contributed by atoms with Gasteiger partial charge in [-0.25, -0.2) is 0 Å².